The molecule has 0 rings (SSSR count). The predicted molar refractivity (Wildman–Crippen MR) is 50.8 cm³/mol. The van der Waals surface area contributed by atoms with Crippen LogP contribution in [-0.4, -0.2) is 18.5 Å². The highest BCUT2D eigenvalue weighted by atomic mass is 16.1. The van der Waals surface area contributed by atoms with Crippen molar-refractivity contribution in [2.45, 2.75) is 45.6 Å². The van der Waals surface area contributed by atoms with Crippen molar-refractivity contribution < 1.29 is 4.79 Å². The van der Waals surface area contributed by atoms with Crippen LogP contribution in [-0.2, 0) is 4.79 Å². The van der Waals surface area contributed by atoms with E-state index >= 15 is 0 Å². The van der Waals surface area contributed by atoms with Gasteiger partial charge in [-0.1, -0.05) is 13.3 Å². The molecule has 12 heavy (non-hydrogen) atoms. The molecule has 72 valence electrons. The summed E-state index contributed by atoms with van der Waals surface area (Å²) in [5.41, 5.74) is 5.29. The average Bonchev–Trinajstić information content (AvgIpc) is 2.01. The number of nitrogens with one attached hydrogen (secondary N) is 1. The summed E-state index contributed by atoms with van der Waals surface area (Å²) in [5, 5.41) is 2.92. The van der Waals surface area contributed by atoms with E-state index in [2.05, 4.69) is 12.2 Å². The lowest BCUT2D eigenvalue weighted by atomic mass is 10.2. The van der Waals surface area contributed by atoms with Gasteiger partial charge in [0, 0.05) is 12.5 Å². The van der Waals surface area contributed by atoms with Crippen molar-refractivity contribution >= 4 is 5.91 Å². The van der Waals surface area contributed by atoms with Crippen molar-refractivity contribution in [3.05, 3.63) is 0 Å². The van der Waals surface area contributed by atoms with Crippen molar-refractivity contribution in [1.29, 1.82) is 0 Å². The van der Waals surface area contributed by atoms with Gasteiger partial charge in [-0.3, -0.25) is 4.79 Å². The fourth-order valence-corrected chi connectivity index (χ4v) is 1.11. The molecule has 0 aromatic carbocycles. The Bertz CT molecular complexity index is 126. The van der Waals surface area contributed by atoms with E-state index < -0.39 is 0 Å². The van der Waals surface area contributed by atoms with Gasteiger partial charge in [-0.2, -0.15) is 0 Å². The third kappa shape index (κ3) is 6.16. The van der Waals surface area contributed by atoms with Crippen LogP contribution in [0.5, 0.6) is 0 Å². The van der Waals surface area contributed by atoms with E-state index in [0.29, 0.717) is 19.0 Å². The molecule has 1 amide bonds. The normalized spacial score (nSPS) is 12.6. The Morgan fingerprint density at radius 3 is 2.75 bits per heavy atom. The molecule has 0 saturated heterocycles. The lowest BCUT2D eigenvalue weighted by Gasteiger charge is -2.11. The molecule has 0 radical (unpaired) electrons. The molecule has 3 nitrogen and oxygen atoms in total. The first-order valence-electron chi connectivity index (χ1n) is 4.70. The minimum atomic E-state index is 0.126. The van der Waals surface area contributed by atoms with Gasteiger partial charge in [-0.05, 0) is 26.3 Å². The second kappa shape index (κ2) is 7.10. The lowest BCUT2D eigenvalue weighted by molar-refractivity contribution is -0.121. The van der Waals surface area contributed by atoms with Crippen LogP contribution in [0.15, 0.2) is 0 Å². The van der Waals surface area contributed by atoms with Gasteiger partial charge >= 0.3 is 0 Å². The minimum absolute atomic E-state index is 0.126. The zero-order chi connectivity index (χ0) is 9.40. The van der Waals surface area contributed by atoms with Crippen LogP contribution in [0.1, 0.15) is 39.5 Å². The smallest absolute Gasteiger partial charge is 0.220 e. The predicted octanol–water partition coefficient (Wildman–Crippen LogP) is 1.03. The van der Waals surface area contributed by atoms with Gasteiger partial charge in [0.1, 0.15) is 0 Å². The summed E-state index contributed by atoms with van der Waals surface area (Å²) in [5.74, 6) is 0.126. The Morgan fingerprint density at radius 1 is 1.58 bits per heavy atom. The van der Waals surface area contributed by atoms with Gasteiger partial charge in [0.2, 0.25) is 5.91 Å². The zero-order valence-electron chi connectivity index (χ0n) is 8.10. The molecule has 3 N–H and O–H groups in total. The number of nitrogens with two attached hydrogens (primary N) is 1. The molecule has 0 heterocycles. The Morgan fingerprint density at radius 2 is 2.25 bits per heavy atom. The molecule has 0 aliphatic rings. The van der Waals surface area contributed by atoms with Crippen molar-refractivity contribution in [2.24, 2.45) is 5.73 Å². The van der Waals surface area contributed by atoms with Gasteiger partial charge in [0.15, 0.2) is 0 Å². The molecule has 1 unspecified atom stereocenters. The average molecular weight is 172 g/mol. The Kier molecular flexibility index (Phi) is 6.76. The number of carbonyl (C=O) groups is 1. The highest BCUT2D eigenvalue weighted by Gasteiger charge is 2.04. The third-order valence-electron chi connectivity index (χ3n) is 1.74. The molecule has 0 aliphatic carbocycles. The van der Waals surface area contributed by atoms with Crippen molar-refractivity contribution in [3.63, 3.8) is 0 Å². The molecule has 1 atom stereocenters. The fourth-order valence-electron chi connectivity index (χ4n) is 1.11. The first-order chi connectivity index (χ1) is 5.70. The minimum Gasteiger partial charge on any atom is -0.354 e. The maximum atomic E-state index is 11.1. The quantitative estimate of drug-likeness (QED) is 0.628. The largest absolute Gasteiger partial charge is 0.354 e. The van der Waals surface area contributed by atoms with E-state index in [0.717, 1.165) is 19.3 Å². The standard InChI is InChI=1S/C9H20N2O/c1-3-5-8(2)11-9(12)6-4-7-10/h8H,3-7,10H2,1-2H3,(H,11,12). The maximum Gasteiger partial charge on any atom is 0.220 e. The van der Waals surface area contributed by atoms with Gasteiger partial charge in [-0.15, -0.1) is 0 Å². The zero-order valence-corrected chi connectivity index (χ0v) is 8.10. The van der Waals surface area contributed by atoms with E-state index in [1.807, 2.05) is 6.92 Å². The third-order valence-corrected chi connectivity index (χ3v) is 1.74. The van der Waals surface area contributed by atoms with Gasteiger partial charge in [0.25, 0.3) is 0 Å². The first kappa shape index (κ1) is 11.4. The van der Waals surface area contributed by atoms with Crippen LogP contribution in [0.2, 0.25) is 0 Å². The van der Waals surface area contributed by atoms with Crippen LogP contribution in [0.4, 0.5) is 0 Å². The summed E-state index contributed by atoms with van der Waals surface area (Å²) >= 11 is 0. The summed E-state index contributed by atoms with van der Waals surface area (Å²) in [6, 6.07) is 0.306. The lowest BCUT2D eigenvalue weighted by Crippen LogP contribution is -2.32. The Labute approximate surface area is 74.7 Å². The highest BCUT2D eigenvalue weighted by Crippen LogP contribution is 1.96. The molecule has 0 aromatic heterocycles. The summed E-state index contributed by atoms with van der Waals surface area (Å²) in [7, 11) is 0. The molecule has 0 saturated carbocycles. The van der Waals surface area contributed by atoms with Crippen molar-refractivity contribution in [1.82, 2.24) is 5.32 Å². The molecule has 0 aliphatic heterocycles. The first-order valence-corrected chi connectivity index (χ1v) is 4.70. The molecule has 0 bridgehead atoms. The van der Waals surface area contributed by atoms with E-state index in [9.17, 15) is 4.79 Å². The molecule has 3 heteroatoms. The van der Waals surface area contributed by atoms with Crippen LogP contribution in [0, 0.1) is 0 Å². The van der Waals surface area contributed by atoms with Gasteiger partial charge in [-0.25, -0.2) is 0 Å². The van der Waals surface area contributed by atoms with Crippen LogP contribution in [0.3, 0.4) is 0 Å². The summed E-state index contributed by atoms with van der Waals surface area (Å²) in [6.07, 6.45) is 3.50. The highest BCUT2D eigenvalue weighted by molar-refractivity contribution is 5.76. The van der Waals surface area contributed by atoms with Crippen molar-refractivity contribution in [2.75, 3.05) is 6.54 Å². The number of hydrogen-bond donors (Lipinski definition) is 2. The van der Waals surface area contributed by atoms with Crippen LogP contribution in [0.25, 0.3) is 0 Å². The molecular formula is C9H20N2O. The van der Waals surface area contributed by atoms with E-state index in [4.69, 9.17) is 5.73 Å². The van der Waals surface area contributed by atoms with Crippen LogP contribution < -0.4 is 11.1 Å². The Hall–Kier alpha value is -0.570. The maximum absolute atomic E-state index is 11.1. The Balaban J connectivity index is 3.40. The van der Waals surface area contributed by atoms with E-state index in [1.165, 1.54) is 0 Å². The van der Waals surface area contributed by atoms with E-state index in [-0.39, 0.29) is 5.91 Å². The molecule has 0 spiro atoms. The van der Waals surface area contributed by atoms with E-state index in [1.54, 1.807) is 0 Å². The van der Waals surface area contributed by atoms with Gasteiger partial charge in [0.05, 0.1) is 0 Å². The molecule has 0 fully saturated rings. The van der Waals surface area contributed by atoms with Gasteiger partial charge < -0.3 is 11.1 Å². The fraction of sp³-hybridized carbons (Fsp3) is 0.889. The number of hydrogen-bond acceptors (Lipinski definition) is 2. The van der Waals surface area contributed by atoms with Crippen LogP contribution >= 0.6 is 0 Å². The summed E-state index contributed by atoms with van der Waals surface area (Å²) < 4.78 is 0. The molecule has 0 aromatic rings. The topological polar surface area (TPSA) is 55.1 Å². The second-order valence-electron chi connectivity index (χ2n) is 3.15. The number of rotatable bonds is 6. The second-order valence-corrected chi connectivity index (χ2v) is 3.15. The SMILES string of the molecule is CCCC(C)NC(=O)CCCN. The summed E-state index contributed by atoms with van der Waals surface area (Å²) in [4.78, 5) is 11.1. The monoisotopic (exact) mass is 172 g/mol. The summed E-state index contributed by atoms with van der Waals surface area (Å²) in [6.45, 7) is 4.74. The van der Waals surface area contributed by atoms with Crippen molar-refractivity contribution in [3.8, 4) is 0 Å². The number of amides is 1. The number of carbonyl (C=O) groups excluding carboxylic acids is 1. The molecular weight excluding hydrogens is 152 g/mol.